The number of ether oxygens (including phenoxy) is 1. The van der Waals surface area contributed by atoms with Gasteiger partial charge in [-0.15, -0.1) is 0 Å². The molecule has 1 amide bonds. The SMILES string of the molecule is CC(C)(C)OC(=O)N1CCN(c2ncnc3c2c(-c2cccnc2)cn3Cc2cccc(Cl)c2)CC1. The van der Waals surface area contributed by atoms with E-state index in [1.54, 1.807) is 17.4 Å². The van der Waals surface area contributed by atoms with E-state index in [1.807, 2.05) is 57.3 Å². The van der Waals surface area contributed by atoms with Crippen LogP contribution in [-0.4, -0.2) is 62.3 Å². The van der Waals surface area contributed by atoms with Gasteiger partial charge in [0.25, 0.3) is 0 Å². The Bertz CT molecular complexity index is 1370. The third kappa shape index (κ3) is 5.14. The fraction of sp³-hybridized carbons (Fsp3) is 0.333. The van der Waals surface area contributed by atoms with Crippen molar-refractivity contribution >= 4 is 34.5 Å². The van der Waals surface area contributed by atoms with E-state index in [0.717, 1.165) is 33.5 Å². The van der Waals surface area contributed by atoms with Gasteiger partial charge in [-0.25, -0.2) is 14.8 Å². The van der Waals surface area contributed by atoms with E-state index in [9.17, 15) is 4.79 Å². The molecule has 1 aromatic carbocycles. The Morgan fingerprint density at radius 3 is 2.58 bits per heavy atom. The number of carbonyl (C=O) groups excluding carboxylic acids is 1. The lowest BCUT2D eigenvalue weighted by Gasteiger charge is -2.36. The Morgan fingerprint density at radius 2 is 1.89 bits per heavy atom. The van der Waals surface area contributed by atoms with Crippen molar-refractivity contribution in [2.75, 3.05) is 31.1 Å². The molecule has 0 atom stereocenters. The van der Waals surface area contributed by atoms with E-state index in [1.165, 1.54) is 0 Å². The molecule has 3 aromatic heterocycles. The van der Waals surface area contributed by atoms with Crippen molar-refractivity contribution in [3.63, 3.8) is 0 Å². The molecule has 186 valence electrons. The van der Waals surface area contributed by atoms with Crippen LogP contribution in [0.15, 0.2) is 61.3 Å². The van der Waals surface area contributed by atoms with Gasteiger partial charge >= 0.3 is 6.09 Å². The highest BCUT2D eigenvalue weighted by Gasteiger charge is 2.28. The maximum atomic E-state index is 12.5. The summed E-state index contributed by atoms with van der Waals surface area (Å²) in [5.41, 5.74) is 3.43. The average molecular weight is 505 g/mol. The molecule has 1 aliphatic heterocycles. The lowest BCUT2D eigenvalue weighted by Crippen LogP contribution is -2.50. The first-order valence-corrected chi connectivity index (χ1v) is 12.4. The van der Waals surface area contributed by atoms with Crippen LogP contribution >= 0.6 is 11.6 Å². The number of benzene rings is 1. The van der Waals surface area contributed by atoms with Gasteiger partial charge in [0.15, 0.2) is 0 Å². The topological polar surface area (TPSA) is 76.4 Å². The molecule has 0 bridgehead atoms. The predicted octanol–water partition coefficient (Wildman–Crippen LogP) is 5.25. The second kappa shape index (κ2) is 9.78. The van der Waals surface area contributed by atoms with Crippen LogP contribution in [0.4, 0.5) is 10.6 Å². The summed E-state index contributed by atoms with van der Waals surface area (Å²) < 4.78 is 7.69. The maximum Gasteiger partial charge on any atom is 0.410 e. The first kappa shape index (κ1) is 24.1. The number of piperazine rings is 1. The minimum Gasteiger partial charge on any atom is -0.444 e. The Morgan fingerprint density at radius 1 is 1.08 bits per heavy atom. The molecular formula is C27H29ClN6O2. The molecule has 0 unspecified atom stereocenters. The number of anilines is 1. The van der Waals surface area contributed by atoms with Crippen LogP contribution < -0.4 is 4.90 Å². The Balaban J connectivity index is 1.50. The summed E-state index contributed by atoms with van der Waals surface area (Å²) in [5, 5.41) is 1.67. The van der Waals surface area contributed by atoms with Crippen molar-refractivity contribution in [1.82, 2.24) is 24.4 Å². The molecule has 4 heterocycles. The summed E-state index contributed by atoms with van der Waals surface area (Å²) >= 11 is 6.24. The minimum absolute atomic E-state index is 0.279. The average Bonchev–Trinajstić information content (AvgIpc) is 3.22. The van der Waals surface area contributed by atoms with Gasteiger partial charge in [-0.1, -0.05) is 29.8 Å². The summed E-state index contributed by atoms with van der Waals surface area (Å²) in [5.74, 6) is 0.854. The highest BCUT2D eigenvalue weighted by Crippen LogP contribution is 2.36. The van der Waals surface area contributed by atoms with Crippen LogP contribution in [0.2, 0.25) is 5.02 Å². The lowest BCUT2D eigenvalue weighted by atomic mass is 10.1. The van der Waals surface area contributed by atoms with E-state index < -0.39 is 5.60 Å². The molecule has 0 aliphatic carbocycles. The third-order valence-corrected chi connectivity index (χ3v) is 6.31. The lowest BCUT2D eigenvalue weighted by molar-refractivity contribution is 0.0240. The highest BCUT2D eigenvalue weighted by atomic mass is 35.5. The van der Waals surface area contributed by atoms with Crippen molar-refractivity contribution in [3.05, 3.63) is 71.9 Å². The van der Waals surface area contributed by atoms with Crippen LogP contribution in [0, 0.1) is 0 Å². The second-order valence-corrected chi connectivity index (χ2v) is 10.3. The first-order valence-electron chi connectivity index (χ1n) is 12.0. The largest absolute Gasteiger partial charge is 0.444 e. The van der Waals surface area contributed by atoms with Crippen molar-refractivity contribution in [1.29, 1.82) is 0 Å². The van der Waals surface area contributed by atoms with Gasteiger partial charge in [0.2, 0.25) is 0 Å². The molecule has 1 saturated heterocycles. The zero-order chi connectivity index (χ0) is 25.3. The quantitative estimate of drug-likeness (QED) is 0.377. The van der Waals surface area contributed by atoms with Crippen LogP contribution in [0.1, 0.15) is 26.3 Å². The number of nitrogens with zero attached hydrogens (tertiary/aromatic N) is 6. The molecule has 36 heavy (non-hydrogen) atoms. The Hall–Kier alpha value is -3.65. The number of pyridine rings is 1. The van der Waals surface area contributed by atoms with Crippen LogP contribution in [0.3, 0.4) is 0 Å². The first-order chi connectivity index (χ1) is 17.3. The molecule has 0 spiro atoms. The number of halogens is 1. The molecule has 9 heteroatoms. The van der Waals surface area contributed by atoms with E-state index in [-0.39, 0.29) is 6.09 Å². The number of hydrogen-bond acceptors (Lipinski definition) is 6. The van der Waals surface area contributed by atoms with Gasteiger partial charge in [0.05, 0.1) is 5.39 Å². The smallest absolute Gasteiger partial charge is 0.410 e. The summed E-state index contributed by atoms with van der Waals surface area (Å²) in [6.07, 6.45) is 7.06. The van der Waals surface area contributed by atoms with Crippen molar-refractivity contribution in [2.45, 2.75) is 32.9 Å². The summed E-state index contributed by atoms with van der Waals surface area (Å²) in [4.78, 5) is 30.2. The molecule has 8 nitrogen and oxygen atoms in total. The van der Waals surface area contributed by atoms with E-state index >= 15 is 0 Å². The number of fused-ring (bicyclic) bond motifs is 1. The fourth-order valence-electron chi connectivity index (χ4n) is 4.47. The van der Waals surface area contributed by atoms with Crippen LogP contribution in [0.25, 0.3) is 22.2 Å². The zero-order valence-electron chi connectivity index (χ0n) is 20.7. The van der Waals surface area contributed by atoms with Gasteiger partial charge < -0.3 is 19.1 Å². The second-order valence-electron chi connectivity index (χ2n) is 9.89. The molecule has 5 rings (SSSR count). The minimum atomic E-state index is -0.516. The van der Waals surface area contributed by atoms with E-state index in [0.29, 0.717) is 37.7 Å². The van der Waals surface area contributed by atoms with Crippen molar-refractivity contribution < 1.29 is 9.53 Å². The Labute approximate surface area is 215 Å². The van der Waals surface area contributed by atoms with Gasteiger partial charge in [0, 0.05) is 67.5 Å². The molecule has 1 aliphatic rings. The normalized spacial score (nSPS) is 14.3. The van der Waals surface area contributed by atoms with Gasteiger partial charge in [-0.3, -0.25) is 4.98 Å². The maximum absolute atomic E-state index is 12.5. The van der Waals surface area contributed by atoms with Crippen LogP contribution in [0.5, 0.6) is 0 Å². The van der Waals surface area contributed by atoms with Gasteiger partial charge in [0.1, 0.15) is 23.4 Å². The highest BCUT2D eigenvalue weighted by molar-refractivity contribution is 6.30. The number of aromatic nitrogens is 4. The number of amides is 1. The molecular weight excluding hydrogens is 476 g/mol. The Kier molecular flexibility index (Phi) is 6.53. The molecule has 0 radical (unpaired) electrons. The fourth-order valence-corrected chi connectivity index (χ4v) is 4.68. The van der Waals surface area contributed by atoms with Crippen molar-refractivity contribution in [3.8, 4) is 11.1 Å². The molecule has 0 saturated carbocycles. The third-order valence-electron chi connectivity index (χ3n) is 6.08. The predicted molar refractivity (Wildman–Crippen MR) is 141 cm³/mol. The number of rotatable bonds is 4. The van der Waals surface area contributed by atoms with Gasteiger partial charge in [-0.05, 0) is 44.5 Å². The molecule has 1 fully saturated rings. The number of carbonyl (C=O) groups is 1. The number of hydrogen-bond donors (Lipinski definition) is 0. The summed E-state index contributed by atoms with van der Waals surface area (Å²) in [6, 6.07) is 11.8. The monoisotopic (exact) mass is 504 g/mol. The standard InChI is InChI=1S/C27H29ClN6O2/c1-27(2,3)36-26(35)33-12-10-32(11-13-33)24-23-22(20-7-5-9-29-15-20)17-34(25(23)31-18-30-24)16-19-6-4-8-21(28)14-19/h4-9,14-15,17-18H,10-13,16H2,1-3H3. The van der Waals surface area contributed by atoms with Gasteiger partial charge in [-0.2, -0.15) is 0 Å². The molecule has 0 N–H and O–H groups in total. The molecule has 4 aromatic rings. The van der Waals surface area contributed by atoms with E-state index in [4.69, 9.17) is 21.3 Å². The zero-order valence-corrected chi connectivity index (χ0v) is 21.4. The summed E-state index contributed by atoms with van der Waals surface area (Å²) in [6.45, 7) is 8.69. The van der Waals surface area contributed by atoms with Crippen LogP contribution in [-0.2, 0) is 11.3 Å². The van der Waals surface area contributed by atoms with E-state index in [2.05, 4.69) is 31.7 Å². The van der Waals surface area contributed by atoms with Crippen molar-refractivity contribution in [2.24, 2.45) is 0 Å². The summed E-state index contributed by atoms with van der Waals surface area (Å²) in [7, 11) is 0.